The van der Waals surface area contributed by atoms with E-state index in [1.165, 1.54) is 17.0 Å². The summed E-state index contributed by atoms with van der Waals surface area (Å²) in [5.74, 6) is 0.0303. The number of esters is 1. The van der Waals surface area contributed by atoms with Gasteiger partial charge in [0, 0.05) is 11.1 Å². The number of rotatable bonds is 3. The van der Waals surface area contributed by atoms with Crippen LogP contribution in [0.4, 0.5) is 0 Å². The third kappa shape index (κ3) is 2.60. The second-order valence-electron chi connectivity index (χ2n) is 6.19. The van der Waals surface area contributed by atoms with Gasteiger partial charge in [-0.3, -0.25) is 0 Å². The molecule has 1 N–H and O–H groups in total. The van der Waals surface area contributed by atoms with Gasteiger partial charge in [0.15, 0.2) is 0 Å². The first-order valence-corrected chi connectivity index (χ1v) is 7.99. The summed E-state index contributed by atoms with van der Waals surface area (Å²) >= 11 is 0. The van der Waals surface area contributed by atoms with Crippen LogP contribution in [0, 0.1) is 0 Å². The van der Waals surface area contributed by atoms with Crippen molar-refractivity contribution in [3.05, 3.63) is 71.8 Å². The smallest absolute Gasteiger partial charge is 0.338 e. The lowest BCUT2D eigenvalue weighted by molar-refractivity contribution is -0.130. The molecule has 25 heavy (non-hydrogen) atoms. The van der Waals surface area contributed by atoms with Gasteiger partial charge in [0.05, 0.1) is 0 Å². The van der Waals surface area contributed by atoms with Crippen molar-refractivity contribution in [2.24, 2.45) is 0 Å². The highest BCUT2D eigenvalue weighted by atomic mass is 16.5. The number of carbonyl (C=O) groups is 1. The van der Waals surface area contributed by atoms with E-state index in [9.17, 15) is 9.90 Å². The van der Waals surface area contributed by atoms with Gasteiger partial charge in [0.25, 0.3) is 0 Å². The Bertz CT molecular complexity index is 1070. The van der Waals surface area contributed by atoms with Crippen molar-refractivity contribution in [1.29, 1.82) is 0 Å². The monoisotopic (exact) mass is 328 g/mol. The number of hydrogen-bond donors (Lipinski definition) is 1. The highest BCUT2D eigenvalue weighted by Gasteiger charge is 2.14. The van der Waals surface area contributed by atoms with Crippen molar-refractivity contribution < 1.29 is 14.6 Å². The van der Waals surface area contributed by atoms with E-state index in [0.29, 0.717) is 16.9 Å². The molecule has 0 bridgehead atoms. The van der Waals surface area contributed by atoms with E-state index in [-0.39, 0.29) is 5.75 Å². The van der Waals surface area contributed by atoms with E-state index in [1.54, 1.807) is 19.1 Å². The molecule has 0 aliphatic heterocycles. The normalized spacial score (nSPS) is 11.7. The molecule has 3 aromatic carbocycles. The Kier molecular flexibility index (Phi) is 3.43. The van der Waals surface area contributed by atoms with E-state index >= 15 is 0 Å². The molecule has 0 saturated carbocycles. The van der Waals surface area contributed by atoms with Crippen LogP contribution in [0.15, 0.2) is 60.7 Å². The minimum absolute atomic E-state index is 0.139. The molecule has 3 aromatic rings. The largest absolute Gasteiger partial charge is 0.507 e. The zero-order chi connectivity index (χ0) is 17.6. The van der Waals surface area contributed by atoms with Crippen molar-refractivity contribution >= 4 is 28.9 Å². The average molecular weight is 328 g/mol. The Labute approximate surface area is 145 Å². The molecule has 1 aliphatic rings. The van der Waals surface area contributed by atoms with Gasteiger partial charge in [-0.1, -0.05) is 36.9 Å². The highest BCUT2D eigenvalue weighted by molar-refractivity contribution is 6.06. The summed E-state index contributed by atoms with van der Waals surface area (Å²) < 4.78 is 5.28. The molecule has 0 spiro atoms. The maximum atomic E-state index is 11.7. The molecule has 0 aromatic heterocycles. The van der Waals surface area contributed by atoms with Crippen molar-refractivity contribution in [3.8, 4) is 22.6 Å². The Morgan fingerprint density at radius 2 is 1.84 bits per heavy atom. The van der Waals surface area contributed by atoms with Gasteiger partial charge in [0.2, 0.25) is 0 Å². The summed E-state index contributed by atoms with van der Waals surface area (Å²) in [7, 11) is 0. The first-order valence-electron chi connectivity index (χ1n) is 7.99. The fourth-order valence-corrected chi connectivity index (χ4v) is 3.10. The zero-order valence-corrected chi connectivity index (χ0v) is 13.7. The lowest BCUT2D eigenvalue weighted by Crippen LogP contribution is -2.08. The summed E-state index contributed by atoms with van der Waals surface area (Å²) in [6.45, 7) is 5.18. The molecule has 0 heterocycles. The van der Waals surface area contributed by atoms with Crippen LogP contribution in [-0.4, -0.2) is 11.1 Å². The lowest BCUT2D eigenvalue weighted by Gasteiger charge is -2.11. The molecule has 0 unspecified atom stereocenters. The van der Waals surface area contributed by atoms with Crippen LogP contribution in [0.2, 0.25) is 0 Å². The minimum Gasteiger partial charge on any atom is -0.507 e. The summed E-state index contributed by atoms with van der Waals surface area (Å²) in [6.07, 6.45) is 4.16. The number of carbonyl (C=O) groups excluding carboxylic acids is 1. The maximum absolute atomic E-state index is 11.7. The predicted molar refractivity (Wildman–Crippen MR) is 100 cm³/mol. The summed E-state index contributed by atoms with van der Waals surface area (Å²) in [5, 5.41) is 12.6. The number of aromatic hydroxyl groups is 1. The van der Waals surface area contributed by atoms with Gasteiger partial charge in [-0.25, -0.2) is 4.79 Å². The van der Waals surface area contributed by atoms with Crippen LogP contribution in [0.1, 0.15) is 18.1 Å². The Morgan fingerprint density at radius 1 is 1.04 bits per heavy atom. The Balaban J connectivity index is 1.83. The number of benzene rings is 3. The van der Waals surface area contributed by atoms with Crippen LogP contribution >= 0.6 is 0 Å². The Hall–Kier alpha value is -3.33. The second kappa shape index (κ2) is 5.64. The molecule has 0 saturated heterocycles. The van der Waals surface area contributed by atoms with E-state index < -0.39 is 5.97 Å². The molecule has 3 nitrogen and oxygen atoms in total. The van der Waals surface area contributed by atoms with Gasteiger partial charge in [0.1, 0.15) is 11.5 Å². The van der Waals surface area contributed by atoms with Gasteiger partial charge in [-0.05, 0) is 64.7 Å². The molecule has 0 atom stereocenters. The van der Waals surface area contributed by atoms with Gasteiger partial charge in [-0.15, -0.1) is 0 Å². The zero-order valence-electron chi connectivity index (χ0n) is 13.7. The van der Waals surface area contributed by atoms with Crippen LogP contribution in [0.25, 0.3) is 34.1 Å². The van der Waals surface area contributed by atoms with Crippen LogP contribution in [-0.2, 0) is 4.79 Å². The van der Waals surface area contributed by atoms with Gasteiger partial charge in [-0.2, -0.15) is 0 Å². The van der Waals surface area contributed by atoms with Crippen molar-refractivity contribution in [1.82, 2.24) is 0 Å². The number of ether oxygens (including phenoxy) is 1. The van der Waals surface area contributed by atoms with Crippen molar-refractivity contribution in [2.75, 3.05) is 0 Å². The molecule has 3 heteroatoms. The average Bonchev–Trinajstić information content (AvgIpc) is 3.01. The van der Waals surface area contributed by atoms with Crippen LogP contribution in [0.5, 0.6) is 11.5 Å². The summed E-state index contributed by atoms with van der Waals surface area (Å²) in [4.78, 5) is 11.7. The molecular formula is C22H16O3. The fourth-order valence-electron chi connectivity index (χ4n) is 3.10. The predicted octanol–water partition coefficient (Wildman–Crippen LogP) is 5.18. The van der Waals surface area contributed by atoms with E-state index in [2.05, 4.69) is 30.9 Å². The van der Waals surface area contributed by atoms with Crippen molar-refractivity contribution in [3.63, 3.8) is 0 Å². The third-order valence-electron chi connectivity index (χ3n) is 4.32. The summed E-state index contributed by atoms with van der Waals surface area (Å²) in [6, 6.07) is 15.0. The topological polar surface area (TPSA) is 46.5 Å². The van der Waals surface area contributed by atoms with Crippen molar-refractivity contribution in [2.45, 2.75) is 6.92 Å². The number of phenols is 1. The standard InChI is InChI=1S/C22H16O3/c1-13(2)22(24)25-18-8-9-20(23)19(12-18)17-10-15-5-3-4-14-6-7-16(11-17)21(14)15/h3-12,23H,1H2,2H3. The maximum Gasteiger partial charge on any atom is 0.338 e. The fraction of sp³-hybridized carbons (Fsp3) is 0.0455. The van der Waals surface area contributed by atoms with Gasteiger partial charge >= 0.3 is 5.97 Å². The molecule has 0 amide bonds. The minimum atomic E-state index is -0.485. The van der Waals surface area contributed by atoms with E-state index in [1.807, 2.05) is 18.2 Å². The Morgan fingerprint density at radius 3 is 2.64 bits per heavy atom. The second-order valence-corrected chi connectivity index (χ2v) is 6.19. The molecular weight excluding hydrogens is 312 g/mol. The SMILES string of the molecule is C=C(C)C(=O)Oc1ccc(O)c(-c2cc3c4c(cccc4c2)C=C3)c1. The first-order chi connectivity index (χ1) is 12.0. The van der Waals surface area contributed by atoms with Crippen LogP contribution in [0.3, 0.4) is 0 Å². The molecule has 0 radical (unpaired) electrons. The molecule has 0 fully saturated rings. The van der Waals surface area contributed by atoms with Crippen LogP contribution < -0.4 is 4.74 Å². The third-order valence-corrected chi connectivity index (χ3v) is 4.32. The molecule has 1 aliphatic carbocycles. The van der Waals surface area contributed by atoms with Gasteiger partial charge < -0.3 is 9.84 Å². The summed E-state index contributed by atoms with van der Waals surface area (Å²) in [5.41, 5.74) is 4.14. The molecule has 4 rings (SSSR count). The first kappa shape index (κ1) is 15.2. The van der Waals surface area contributed by atoms with E-state index in [0.717, 1.165) is 16.5 Å². The quantitative estimate of drug-likeness (QED) is 0.320. The number of phenolic OH excluding ortho intramolecular Hbond substituents is 1. The lowest BCUT2D eigenvalue weighted by atomic mass is 9.96. The van der Waals surface area contributed by atoms with E-state index in [4.69, 9.17) is 4.74 Å². The highest BCUT2D eigenvalue weighted by Crippen LogP contribution is 2.39. The number of hydrogen-bond acceptors (Lipinski definition) is 3. The molecule has 122 valence electrons.